The third kappa shape index (κ3) is 6.50. The van der Waals surface area contributed by atoms with Gasteiger partial charge in [-0.3, -0.25) is 0 Å². The first-order valence-electron chi connectivity index (χ1n) is 12.0. The van der Waals surface area contributed by atoms with Gasteiger partial charge in [-0.15, -0.1) is 0 Å². The van der Waals surface area contributed by atoms with E-state index >= 15 is 0 Å². The van der Waals surface area contributed by atoms with E-state index < -0.39 is 5.60 Å². The van der Waals surface area contributed by atoms with Gasteiger partial charge in [0.2, 0.25) is 0 Å². The van der Waals surface area contributed by atoms with Gasteiger partial charge in [0.05, 0.1) is 17.6 Å². The SMILES string of the molecule is CNc1ncc(N2CCN(C(=O)OC(C)(C)C)C(C)C2)cc1F.Cc1cn2cc(C=N)cc(C)c2n1. The number of aryl methyl sites for hydroxylation is 2. The maximum Gasteiger partial charge on any atom is 0.410 e. The van der Waals surface area contributed by atoms with Crippen LogP contribution in [0, 0.1) is 25.1 Å². The number of nitrogens with one attached hydrogen (secondary N) is 2. The van der Waals surface area contributed by atoms with Gasteiger partial charge in [-0.1, -0.05) is 0 Å². The molecule has 10 heteroatoms. The molecule has 1 aliphatic heterocycles. The number of ether oxygens (including phenoxy) is 1. The van der Waals surface area contributed by atoms with Crippen molar-refractivity contribution in [2.45, 2.75) is 53.2 Å². The number of nitrogens with zero attached hydrogens (tertiary/aromatic N) is 5. The molecule has 1 aliphatic rings. The molecular formula is C26H36FN7O2. The summed E-state index contributed by atoms with van der Waals surface area (Å²) in [7, 11) is 1.63. The van der Waals surface area contributed by atoms with Gasteiger partial charge in [-0.2, -0.15) is 0 Å². The van der Waals surface area contributed by atoms with Crippen molar-refractivity contribution in [1.82, 2.24) is 19.3 Å². The Kier molecular flexibility index (Phi) is 8.17. The van der Waals surface area contributed by atoms with E-state index in [4.69, 9.17) is 10.1 Å². The fourth-order valence-corrected chi connectivity index (χ4v) is 4.07. The zero-order chi connectivity index (χ0) is 26.6. The summed E-state index contributed by atoms with van der Waals surface area (Å²) in [4.78, 5) is 24.4. The number of hydrogen-bond donors (Lipinski definition) is 2. The van der Waals surface area contributed by atoms with Gasteiger partial charge in [-0.05, 0) is 53.2 Å². The normalized spacial score (nSPS) is 15.8. The van der Waals surface area contributed by atoms with Crippen LogP contribution in [0.3, 0.4) is 0 Å². The first-order chi connectivity index (χ1) is 16.9. The molecule has 0 saturated carbocycles. The van der Waals surface area contributed by atoms with Crippen LogP contribution in [-0.4, -0.2) is 69.9 Å². The Morgan fingerprint density at radius 1 is 1.25 bits per heavy atom. The molecule has 1 fully saturated rings. The summed E-state index contributed by atoms with van der Waals surface area (Å²) in [5.41, 5.74) is 4.20. The zero-order valence-corrected chi connectivity index (χ0v) is 22.1. The standard InChI is InChI=1S/C16H25FN4O2.C10H11N3/c1-11-10-20(12-8-13(17)14(18-5)19-9-12)6-7-21(11)15(22)23-16(2,3)4;1-7-3-9(4-11)6-13-5-8(2)12-10(7)13/h8-9,11H,6-7,10H2,1-5H3,(H,18,19);3-6,11H,1-2H3. The lowest BCUT2D eigenvalue weighted by Gasteiger charge is -2.41. The van der Waals surface area contributed by atoms with Crippen molar-refractivity contribution < 1.29 is 13.9 Å². The molecule has 2 N–H and O–H groups in total. The molecule has 1 atom stereocenters. The predicted octanol–water partition coefficient (Wildman–Crippen LogP) is 4.66. The maximum absolute atomic E-state index is 13.9. The molecule has 9 nitrogen and oxygen atoms in total. The van der Waals surface area contributed by atoms with Gasteiger partial charge in [0.15, 0.2) is 11.6 Å². The number of amides is 1. The van der Waals surface area contributed by atoms with Crippen molar-refractivity contribution in [2.24, 2.45) is 0 Å². The Balaban J connectivity index is 0.000000233. The Labute approximate surface area is 211 Å². The fourth-order valence-electron chi connectivity index (χ4n) is 4.07. The highest BCUT2D eigenvalue weighted by Crippen LogP contribution is 2.23. The fraction of sp³-hybridized carbons (Fsp3) is 0.462. The van der Waals surface area contributed by atoms with Gasteiger partial charge in [-0.25, -0.2) is 19.2 Å². The molecule has 194 valence electrons. The number of anilines is 2. The molecule has 4 heterocycles. The van der Waals surface area contributed by atoms with Gasteiger partial charge in [0, 0.05) is 63.0 Å². The molecule has 0 spiro atoms. The predicted molar refractivity (Wildman–Crippen MR) is 141 cm³/mol. The number of fused-ring (bicyclic) bond motifs is 1. The molecule has 3 aromatic rings. The van der Waals surface area contributed by atoms with E-state index in [1.807, 2.05) is 69.3 Å². The first-order valence-corrected chi connectivity index (χ1v) is 12.0. The molecule has 0 aliphatic carbocycles. The number of carbonyl (C=O) groups is 1. The van der Waals surface area contributed by atoms with Crippen molar-refractivity contribution in [3.63, 3.8) is 0 Å². The van der Waals surface area contributed by atoms with Crippen LogP contribution in [-0.2, 0) is 4.74 Å². The average molecular weight is 498 g/mol. The Hall–Kier alpha value is -3.69. The van der Waals surface area contributed by atoms with Gasteiger partial charge in [0.25, 0.3) is 0 Å². The summed E-state index contributed by atoms with van der Waals surface area (Å²) in [6, 6.07) is 3.41. The highest BCUT2D eigenvalue weighted by Gasteiger charge is 2.31. The Bertz CT molecular complexity index is 1230. The highest BCUT2D eigenvalue weighted by molar-refractivity contribution is 5.78. The minimum Gasteiger partial charge on any atom is -0.444 e. The van der Waals surface area contributed by atoms with Crippen molar-refractivity contribution in [1.29, 1.82) is 5.41 Å². The number of pyridine rings is 2. The lowest BCUT2D eigenvalue weighted by Crippen LogP contribution is -2.55. The van der Waals surface area contributed by atoms with Gasteiger partial charge in [0.1, 0.15) is 11.2 Å². The third-order valence-corrected chi connectivity index (χ3v) is 5.73. The second-order valence-electron chi connectivity index (χ2n) is 9.96. The van der Waals surface area contributed by atoms with Gasteiger partial charge < -0.3 is 29.7 Å². The summed E-state index contributed by atoms with van der Waals surface area (Å²) in [6.45, 7) is 13.2. The lowest BCUT2D eigenvalue weighted by molar-refractivity contribution is 0.0159. The van der Waals surface area contributed by atoms with Crippen LogP contribution in [0.5, 0.6) is 0 Å². The van der Waals surface area contributed by atoms with E-state index in [1.54, 1.807) is 18.1 Å². The van der Waals surface area contributed by atoms with E-state index in [-0.39, 0.29) is 23.8 Å². The van der Waals surface area contributed by atoms with E-state index in [0.29, 0.717) is 19.6 Å². The second-order valence-corrected chi connectivity index (χ2v) is 9.96. The van der Waals surface area contributed by atoms with Crippen LogP contribution in [0.4, 0.5) is 20.7 Å². The molecule has 1 saturated heterocycles. The van der Waals surface area contributed by atoms with Crippen LogP contribution >= 0.6 is 0 Å². The molecule has 0 bridgehead atoms. The molecule has 1 unspecified atom stereocenters. The number of carbonyl (C=O) groups excluding carboxylic acids is 1. The van der Waals surface area contributed by atoms with Gasteiger partial charge >= 0.3 is 6.09 Å². The van der Waals surface area contributed by atoms with E-state index in [2.05, 4.69) is 15.3 Å². The van der Waals surface area contributed by atoms with Crippen molar-refractivity contribution in [3.8, 4) is 0 Å². The lowest BCUT2D eigenvalue weighted by atomic mass is 10.1. The second kappa shape index (κ2) is 10.9. The molecule has 0 radical (unpaired) electrons. The molecule has 1 amide bonds. The minimum absolute atomic E-state index is 0.0226. The topological polar surface area (TPSA) is 98.9 Å². The zero-order valence-electron chi connectivity index (χ0n) is 22.1. The Morgan fingerprint density at radius 3 is 2.56 bits per heavy atom. The van der Waals surface area contributed by atoms with Crippen LogP contribution < -0.4 is 10.2 Å². The van der Waals surface area contributed by atoms with Crippen LogP contribution in [0.2, 0.25) is 0 Å². The molecular weight excluding hydrogens is 461 g/mol. The van der Waals surface area contributed by atoms with Crippen LogP contribution in [0.1, 0.15) is 44.5 Å². The first kappa shape index (κ1) is 26.9. The van der Waals surface area contributed by atoms with Crippen molar-refractivity contribution >= 4 is 29.5 Å². The highest BCUT2D eigenvalue weighted by atomic mass is 19.1. The molecule has 4 rings (SSSR count). The number of halogens is 1. The number of aromatic nitrogens is 3. The number of hydrogen-bond acceptors (Lipinski definition) is 7. The van der Waals surface area contributed by atoms with Crippen LogP contribution in [0.25, 0.3) is 5.65 Å². The third-order valence-electron chi connectivity index (χ3n) is 5.73. The quantitative estimate of drug-likeness (QED) is 0.511. The maximum atomic E-state index is 13.9. The van der Waals surface area contributed by atoms with E-state index in [1.165, 1.54) is 12.3 Å². The Morgan fingerprint density at radius 2 is 1.97 bits per heavy atom. The minimum atomic E-state index is -0.510. The smallest absolute Gasteiger partial charge is 0.410 e. The van der Waals surface area contributed by atoms with E-state index in [9.17, 15) is 9.18 Å². The largest absolute Gasteiger partial charge is 0.444 e. The van der Waals surface area contributed by atoms with Crippen molar-refractivity contribution in [3.05, 3.63) is 53.4 Å². The summed E-state index contributed by atoms with van der Waals surface area (Å²) in [6.07, 6.45) is 6.57. The molecule has 36 heavy (non-hydrogen) atoms. The van der Waals surface area contributed by atoms with Crippen molar-refractivity contribution in [2.75, 3.05) is 36.9 Å². The number of piperazine rings is 1. The summed E-state index contributed by atoms with van der Waals surface area (Å²) in [5.74, 6) is -0.151. The summed E-state index contributed by atoms with van der Waals surface area (Å²) >= 11 is 0. The average Bonchev–Trinajstić information content (AvgIpc) is 3.19. The monoisotopic (exact) mass is 497 g/mol. The molecule has 3 aromatic heterocycles. The van der Waals surface area contributed by atoms with Crippen LogP contribution in [0.15, 0.2) is 30.7 Å². The number of imidazole rings is 1. The number of rotatable bonds is 3. The molecule has 0 aromatic carbocycles. The summed E-state index contributed by atoms with van der Waals surface area (Å²) in [5, 5.41) is 9.87. The van der Waals surface area contributed by atoms with E-state index in [0.717, 1.165) is 28.2 Å². The summed E-state index contributed by atoms with van der Waals surface area (Å²) < 4.78 is 21.2.